The third kappa shape index (κ3) is 3.19. The number of hydrogen-bond donors (Lipinski definition) is 2. The van der Waals surface area contributed by atoms with Crippen LogP contribution in [0.1, 0.15) is 13.8 Å². The highest BCUT2D eigenvalue weighted by Gasteiger charge is 2.40. The molecule has 146 valence electrons. The third-order valence-electron chi connectivity index (χ3n) is 5.07. The molecule has 0 atom stereocenters. The van der Waals surface area contributed by atoms with E-state index in [0.29, 0.717) is 37.7 Å². The van der Waals surface area contributed by atoms with Gasteiger partial charge in [0.1, 0.15) is 18.0 Å². The lowest BCUT2D eigenvalue weighted by Gasteiger charge is -2.27. The van der Waals surface area contributed by atoms with Gasteiger partial charge in [-0.15, -0.1) is 0 Å². The zero-order valence-electron chi connectivity index (χ0n) is 15.4. The molecule has 1 aromatic carbocycles. The number of anilines is 1. The number of amides is 1. The second-order valence-corrected chi connectivity index (χ2v) is 9.57. The number of aliphatic hydroxyl groups is 1. The molecule has 0 saturated heterocycles. The van der Waals surface area contributed by atoms with E-state index in [1.165, 1.54) is 18.2 Å². The van der Waals surface area contributed by atoms with Crippen LogP contribution >= 0.6 is 0 Å². The molecule has 0 fully saturated rings. The third-order valence-corrected chi connectivity index (χ3v) is 6.86. The van der Waals surface area contributed by atoms with E-state index < -0.39 is 15.6 Å². The lowest BCUT2D eigenvalue weighted by Crippen LogP contribution is -2.45. The van der Waals surface area contributed by atoms with Gasteiger partial charge in [-0.05, 0) is 43.2 Å². The molecular formula is C18H23N3O5S. The molecule has 2 N–H and O–H groups in total. The van der Waals surface area contributed by atoms with Crippen molar-refractivity contribution in [2.45, 2.75) is 24.3 Å². The van der Waals surface area contributed by atoms with Crippen molar-refractivity contribution in [1.29, 1.82) is 0 Å². The summed E-state index contributed by atoms with van der Waals surface area (Å²) >= 11 is 0. The molecule has 3 heterocycles. The minimum absolute atomic E-state index is 0.227. The van der Waals surface area contributed by atoms with Gasteiger partial charge in [-0.25, -0.2) is 8.42 Å². The molecule has 0 radical (unpaired) electrons. The molecule has 1 aromatic rings. The van der Waals surface area contributed by atoms with Crippen LogP contribution in [0, 0.1) is 0 Å². The maximum Gasteiger partial charge on any atom is 0.254 e. The first-order valence-electron chi connectivity index (χ1n) is 8.88. The fourth-order valence-electron chi connectivity index (χ4n) is 3.68. The van der Waals surface area contributed by atoms with Crippen LogP contribution in [0.3, 0.4) is 0 Å². The van der Waals surface area contributed by atoms with Crippen molar-refractivity contribution in [3.05, 3.63) is 29.3 Å². The Morgan fingerprint density at radius 1 is 1.19 bits per heavy atom. The topological polar surface area (TPSA) is 99.2 Å². The number of ether oxygens (including phenoxy) is 1. The Hall–Kier alpha value is -2.10. The van der Waals surface area contributed by atoms with E-state index >= 15 is 0 Å². The van der Waals surface area contributed by atoms with Crippen LogP contribution in [0.2, 0.25) is 0 Å². The smallest absolute Gasteiger partial charge is 0.254 e. The zero-order chi connectivity index (χ0) is 19.4. The van der Waals surface area contributed by atoms with E-state index in [9.17, 15) is 18.3 Å². The second-order valence-electron chi connectivity index (χ2n) is 7.63. The summed E-state index contributed by atoms with van der Waals surface area (Å²) in [4.78, 5) is 14.0. The second kappa shape index (κ2) is 6.22. The van der Waals surface area contributed by atoms with Crippen molar-refractivity contribution in [1.82, 2.24) is 9.21 Å². The standard InChI is InChI=1S/C18H23N3O5S/c1-18(2,23)17(22)20-8-12-10-21(11-13(12)9-20)27(24,25)14-3-4-16-15(7-14)19-5-6-26-16/h3-4,7,19,23H,5-6,8-11H2,1-2H3. The van der Waals surface area contributed by atoms with Gasteiger partial charge in [-0.1, -0.05) is 0 Å². The minimum atomic E-state index is -3.64. The Morgan fingerprint density at radius 3 is 2.48 bits per heavy atom. The van der Waals surface area contributed by atoms with E-state index in [4.69, 9.17) is 4.74 Å². The largest absolute Gasteiger partial charge is 0.490 e. The number of sulfonamides is 1. The van der Waals surface area contributed by atoms with Crippen LogP contribution in [-0.2, 0) is 14.8 Å². The first-order chi connectivity index (χ1) is 12.7. The van der Waals surface area contributed by atoms with E-state index in [1.807, 2.05) is 0 Å². The van der Waals surface area contributed by atoms with Crippen LogP contribution in [0.15, 0.2) is 34.2 Å². The van der Waals surface area contributed by atoms with Crippen molar-refractivity contribution in [2.24, 2.45) is 0 Å². The summed E-state index contributed by atoms with van der Waals surface area (Å²) in [6.45, 7) is 5.39. The number of fused-ring (bicyclic) bond motifs is 1. The monoisotopic (exact) mass is 393 g/mol. The van der Waals surface area contributed by atoms with Crippen molar-refractivity contribution < 1.29 is 23.1 Å². The quantitative estimate of drug-likeness (QED) is 0.722. The lowest BCUT2D eigenvalue weighted by molar-refractivity contribution is -0.146. The molecule has 8 nitrogen and oxygen atoms in total. The minimum Gasteiger partial charge on any atom is -0.490 e. The van der Waals surface area contributed by atoms with Crippen LogP contribution in [0.4, 0.5) is 5.69 Å². The number of carbonyl (C=O) groups is 1. The molecule has 1 amide bonds. The Kier molecular flexibility index (Phi) is 4.21. The molecule has 3 aliphatic heterocycles. The molecule has 0 aliphatic carbocycles. The maximum atomic E-state index is 13.0. The Labute approximate surface area is 158 Å². The summed E-state index contributed by atoms with van der Waals surface area (Å²) in [5, 5.41) is 13.1. The predicted octanol–water partition coefficient (Wildman–Crippen LogP) is 0.405. The van der Waals surface area contributed by atoms with E-state index in [1.54, 1.807) is 23.1 Å². The number of hydrogen-bond acceptors (Lipinski definition) is 6. The number of nitrogens with one attached hydrogen (secondary N) is 1. The van der Waals surface area contributed by atoms with Crippen molar-refractivity contribution in [2.75, 3.05) is 44.6 Å². The van der Waals surface area contributed by atoms with Crippen LogP contribution in [-0.4, -0.2) is 73.6 Å². The highest BCUT2D eigenvalue weighted by atomic mass is 32.2. The Bertz CT molecular complexity index is 915. The average molecular weight is 393 g/mol. The molecule has 27 heavy (non-hydrogen) atoms. The van der Waals surface area contributed by atoms with Crippen LogP contribution in [0.5, 0.6) is 5.75 Å². The van der Waals surface area contributed by atoms with Gasteiger partial charge in [0, 0.05) is 32.7 Å². The van der Waals surface area contributed by atoms with Gasteiger partial charge in [0.25, 0.3) is 5.91 Å². The van der Waals surface area contributed by atoms with Gasteiger partial charge in [0.15, 0.2) is 0 Å². The number of benzene rings is 1. The fraction of sp³-hybridized carbons (Fsp3) is 0.500. The lowest BCUT2D eigenvalue weighted by atomic mass is 10.1. The van der Waals surface area contributed by atoms with E-state index in [0.717, 1.165) is 11.1 Å². The number of rotatable bonds is 3. The van der Waals surface area contributed by atoms with Gasteiger partial charge in [0.2, 0.25) is 10.0 Å². The number of carbonyl (C=O) groups excluding carboxylic acids is 1. The molecule has 4 rings (SSSR count). The molecule has 0 bridgehead atoms. The number of nitrogens with zero attached hydrogens (tertiary/aromatic N) is 2. The highest BCUT2D eigenvalue weighted by Crippen LogP contribution is 2.34. The molecule has 0 saturated carbocycles. The van der Waals surface area contributed by atoms with Gasteiger partial charge in [-0.2, -0.15) is 4.31 Å². The zero-order valence-corrected chi connectivity index (χ0v) is 16.2. The summed E-state index contributed by atoms with van der Waals surface area (Å²) < 4.78 is 33.0. The van der Waals surface area contributed by atoms with Crippen molar-refractivity contribution in [3.63, 3.8) is 0 Å². The summed E-state index contributed by atoms with van der Waals surface area (Å²) in [6.07, 6.45) is 0. The van der Waals surface area contributed by atoms with Gasteiger partial charge in [-0.3, -0.25) is 4.79 Å². The molecule has 0 unspecified atom stereocenters. The molecule has 3 aliphatic rings. The molecule has 0 aromatic heterocycles. The first kappa shape index (κ1) is 18.3. The SMILES string of the molecule is CC(C)(O)C(=O)N1CC2=C(C1)CN(S(=O)(=O)c1ccc3c(c1)NCCO3)C2. The Morgan fingerprint density at radius 2 is 1.85 bits per heavy atom. The average Bonchev–Trinajstić information content (AvgIpc) is 3.19. The summed E-state index contributed by atoms with van der Waals surface area (Å²) in [5.41, 5.74) is 1.14. The van der Waals surface area contributed by atoms with Gasteiger partial charge >= 0.3 is 0 Å². The van der Waals surface area contributed by atoms with Crippen molar-refractivity contribution in [3.8, 4) is 5.75 Å². The molecule has 9 heteroatoms. The normalized spacial score (nSPS) is 20.2. The molecular weight excluding hydrogens is 370 g/mol. The van der Waals surface area contributed by atoms with E-state index in [2.05, 4.69) is 5.32 Å². The molecule has 0 spiro atoms. The highest BCUT2D eigenvalue weighted by molar-refractivity contribution is 7.89. The predicted molar refractivity (Wildman–Crippen MR) is 99.1 cm³/mol. The van der Waals surface area contributed by atoms with Crippen LogP contribution in [0.25, 0.3) is 0 Å². The van der Waals surface area contributed by atoms with E-state index in [-0.39, 0.29) is 23.9 Å². The van der Waals surface area contributed by atoms with Gasteiger partial charge < -0.3 is 20.1 Å². The van der Waals surface area contributed by atoms with Crippen molar-refractivity contribution >= 4 is 21.6 Å². The maximum absolute atomic E-state index is 13.0. The fourth-order valence-corrected chi connectivity index (χ4v) is 5.13. The summed E-state index contributed by atoms with van der Waals surface area (Å²) in [6, 6.07) is 4.85. The Balaban J connectivity index is 1.48. The first-order valence-corrected chi connectivity index (χ1v) is 10.3. The summed E-state index contributed by atoms with van der Waals surface area (Å²) in [5.74, 6) is 0.315. The van der Waals surface area contributed by atoms with Gasteiger partial charge in [0.05, 0.1) is 10.6 Å². The van der Waals surface area contributed by atoms with Crippen LogP contribution < -0.4 is 10.1 Å². The summed E-state index contributed by atoms with van der Waals surface area (Å²) in [7, 11) is -3.64.